The predicted molar refractivity (Wildman–Crippen MR) is 72.6 cm³/mol. The molecule has 0 amide bonds. The third-order valence-electron chi connectivity index (χ3n) is 2.69. The lowest BCUT2D eigenvalue weighted by Crippen LogP contribution is -2.24. The van der Waals surface area contributed by atoms with E-state index in [1.165, 1.54) is 13.8 Å². The second-order valence-corrected chi connectivity index (χ2v) is 5.32. The number of thioether (sulfide) groups is 1. The van der Waals surface area contributed by atoms with Crippen LogP contribution >= 0.6 is 11.8 Å². The highest BCUT2D eigenvalue weighted by molar-refractivity contribution is 8.13. The second kappa shape index (κ2) is 6.64. The average molecular weight is 302 g/mol. The van der Waals surface area contributed by atoms with E-state index in [4.69, 9.17) is 0 Å². The molecule has 0 saturated heterocycles. The summed E-state index contributed by atoms with van der Waals surface area (Å²) in [5, 5.41) is 30.3. The van der Waals surface area contributed by atoms with Gasteiger partial charge in [0.2, 0.25) is 0 Å². The number of nitrogens with one attached hydrogen (secondary N) is 1. The van der Waals surface area contributed by atoms with Gasteiger partial charge in [0.15, 0.2) is 5.12 Å². The average Bonchev–Trinajstić information content (AvgIpc) is 2.34. The summed E-state index contributed by atoms with van der Waals surface area (Å²) < 4.78 is 0. The van der Waals surface area contributed by atoms with Crippen molar-refractivity contribution in [2.75, 3.05) is 5.75 Å². The zero-order chi connectivity index (χ0) is 15.4. The molecule has 110 valence electrons. The van der Waals surface area contributed by atoms with E-state index in [9.17, 15) is 29.9 Å². The fourth-order valence-corrected chi connectivity index (χ4v) is 2.24. The van der Waals surface area contributed by atoms with Gasteiger partial charge in [0.05, 0.1) is 11.0 Å². The summed E-state index contributed by atoms with van der Waals surface area (Å²) in [5.74, 6) is -0.0527. The van der Waals surface area contributed by atoms with Crippen molar-refractivity contribution in [2.45, 2.75) is 26.1 Å². The highest BCUT2D eigenvalue weighted by atomic mass is 32.2. The van der Waals surface area contributed by atoms with Gasteiger partial charge in [-0.2, -0.15) is 0 Å². The lowest BCUT2D eigenvalue weighted by molar-refractivity contribution is -0.387. The number of aromatic amines is 1. The van der Waals surface area contributed by atoms with Crippen molar-refractivity contribution in [3.8, 4) is 0 Å². The molecule has 1 rings (SSSR count). The molecule has 0 saturated carbocycles. The molecule has 20 heavy (non-hydrogen) atoms. The van der Waals surface area contributed by atoms with E-state index in [1.807, 2.05) is 0 Å². The van der Waals surface area contributed by atoms with Gasteiger partial charge in [0.1, 0.15) is 6.10 Å². The number of nitrogens with zero attached hydrogens (tertiary/aromatic N) is 1. The SMILES string of the molecule is CC(=O)SCC(O)C(O)c1c[nH]c(=O)c([N+](=O)[O-])c1C. The number of hydrogen-bond donors (Lipinski definition) is 3. The van der Waals surface area contributed by atoms with Gasteiger partial charge >= 0.3 is 11.2 Å². The first-order valence-corrected chi connectivity index (χ1v) is 6.60. The third-order valence-corrected chi connectivity index (χ3v) is 3.60. The summed E-state index contributed by atoms with van der Waals surface area (Å²) in [4.78, 5) is 34.2. The standard InChI is InChI=1S/C11H14N2O6S/c1-5-7(3-12-11(17)9(5)13(18)19)10(16)8(15)4-20-6(2)14/h3,8,10,15-16H,4H2,1-2H3,(H,12,17). The number of H-pyrrole nitrogens is 1. The Hall–Kier alpha value is -1.71. The quantitative estimate of drug-likeness (QED) is 0.525. The molecule has 3 N–H and O–H groups in total. The van der Waals surface area contributed by atoms with Crippen molar-refractivity contribution < 1.29 is 19.9 Å². The molecule has 1 aromatic heterocycles. The minimum absolute atomic E-state index is 0.0156. The van der Waals surface area contributed by atoms with Crippen LogP contribution in [0.25, 0.3) is 0 Å². The molecule has 2 unspecified atom stereocenters. The zero-order valence-electron chi connectivity index (χ0n) is 10.8. The van der Waals surface area contributed by atoms with Crippen molar-refractivity contribution in [3.05, 3.63) is 37.8 Å². The van der Waals surface area contributed by atoms with Crippen LogP contribution in [0.1, 0.15) is 24.2 Å². The number of aromatic nitrogens is 1. The topological polar surface area (TPSA) is 134 Å². The summed E-state index contributed by atoms with van der Waals surface area (Å²) in [6.45, 7) is 2.64. The van der Waals surface area contributed by atoms with Crippen LogP contribution in [-0.2, 0) is 4.79 Å². The van der Waals surface area contributed by atoms with Gasteiger partial charge in [-0.05, 0) is 6.92 Å². The zero-order valence-corrected chi connectivity index (χ0v) is 11.6. The summed E-state index contributed by atoms with van der Waals surface area (Å²) in [5.41, 5.74) is -1.52. The molecule has 0 bridgehead atoms. The lowest BCUT2D eigenvalue weighted by Gasteiger charge is -2.18. The van der Waals surface area contributed by atoms with Gasteiger partial charge < -0.3 is 15.2 Å². The molecule has 0 aromatic carbocycles. The first-order valence-electron chi connectivity index (χ1n) is 5.61. The first kappa shape index (κ1) is 16.3. The van der Waals surface area contributed by atoms with E-state index in [1.54, 1.807) is 0 Å². The van der Waals surface area contributed by atoms with Crippen molar-refractivity contribution in [3.63, 3.8) is 0 Å². The summed E-state index contributed by atoms with van der Waals surface area (Å²) >= 11 is 0.827. The molecule has 1 heterocycles. The smallest absolute Gasteiger partial charge is 0.337 e. The number of carbonyl (C=O) groups is 1. The normalized spacial score (nSPS) is 13.8. The lowest BCUT2D eigenvalue weighted by atomic mass is 10.0. The van der Waals surface area contributed by atoms with Crippen molar-refractivity contribution in [1.29, 1.82) is 0 Å². The molecule has 0 aliphatic rings. The molecule has 0 spiro atoms. The minimum Gasteiger partial charge on any atom is -0.389 e. The van der Waals surface area contributed by atoms with Crippen LogP contribution in [0.5, 0.6) is 0 Å². The number of nitro groups is 1. The Morgan fingerprint density at radius 2 is 2.15 bits per heavy atom. The third kappa shape index (κ3) is 3.65. The highest BCUT2D eigenvalue weighted by Gasteiger charge is 2.27. The Morgan fingerprint density at radius 1 is 1.55 bits per heavy atom. The largest absolute Gasteiger partial charge is 0.389 e. The van der Waals surface area contributed by atoms with Crippen LogP contribution in [0.2, 0.25) is 0 Å². The second-order valence-electron chi connectivity index (χ2n) is 4.12. The van der Waals surface area contributed by atoms with E-state index in [-0.39, 0.29) is 22.0 Å². The van der Waals surface area contributed by atoms with E-state index < -0.39 is 28.4 Å². The van der Waals surface area contributed by atoms with E-state index >= 15 is 0 Å². The predicted octanol–water partition coefficient (Wildman–Crippen LogP) is 0.266. The maximum atomic E-state index is 11.4. The van der Waals surface area contributed by atoms with Crippen LogP contribution in [0.15, 0.2) is 11.0 Å². The van der Waals surface area contributed by atoms with E-state index in [0.29, 0.717) is 0 Å². The number of rotatable bonds is 5. The summed E-state index contributed by atoms with van der Waals surface area (Å²) in [6.07, 6.45) is -1.60. The Labute approximate surface area is 118 Å². The molecule has 1 aromatic rings. The van der Waals surface area contributed by atoms with E-state index in [2.05, 4.69) is 4.98 Å². The fraction of sp³-hybridized carbons (Fsp3) is 0.455. The molecule has 0 fully saturated rings. The van der Waals surface area contributed by atoms with Crippen molar-refractivity contribution >= 4 is 22.6 Å². The Kier molecular flexibility index (Phi) is 5.43. The summed E-state index contributed by atoms with van der Waals surface area (Å²) in [7, 11) is 0. The molecule has 0 aliphatic carbocycles. The Bertz CT molecular complexity index is 585. The van der Waals surface area contributed by atoms with Crippen molar-refractivity contribution in [1.82, 2.24) is 4.98 Å². The number of pyridine rings is 1. The number of hydrogen-bond acceptors (Lipinski definition) is 7. The van der Waals surface area contributed by atoms with Gasteiger partial charge in [-0.1, -0.05) is 11.8 Å². The monoisotopic (exact) mass is 302 g/mol. The first-order chi connectivity index (χ1) is 9.25. The maximum absolute atomic E-state index is 11.4. The van der Waals surface area contributed by atoms with Crippen LogP contribution in [0, 0.1) is 17.0 Å². The number of carbonyl (C=O) groups excluding carboxylic acids is 1. The number of aliphatic hydroxyl groups excluding tert-OH is 2. The molecular formula is C11H14N2O6S. The Balaban J connectivity index is 3.08. The molecule has 0 aliphatic heterocycles. The van der Waals surface area contributed by atoms with Crippen molar-refractivity contribution in [2.24, 2.45) is 0 Å². The molecule has 8 nitrogen and oxygen atoms in total. The van der Waals surface area contributed by atoms with E-state index in [0.717, 1.165) is 18.0 Å². The van der Waals surface area contributed by atoms with Gasteiger partial charge in [0.25, 0.3) is 0 Å². The molecule has 2 atom stereocenters. The van der Waals surface area contributed by atoms with Crippen LogP contribution in [-0.4, -0.2) is 37.1 Å². The van der Waals surface area contributed by atoms with Crippen LogP contribution < -0.4 is 5.56 Å². The summed E-state index contributed by atoms with van der Waals surface area (Å²) in [6, 6.07) is 0. The van der Waals surface area contributed by atoms with Gasteiger partial charge in [-0.15, -0.1) is 0 Å². The maximum Gasteiger partial charge on any atom is 0.337 e. The number of aliphatic hydroxyl groups is 2. The molecule has 9 heteroatoms. The fourth-order valence-electron chi connectivity index (χ4n) is 1.66. The van der Waals surface area contributed by atoms with Gasteiger partial charge in [-0.25, -0.2) is 0 Å². The van der Waals surface area contributed by atoms with Crippen LogP contribution in [0.3, 0.4) is 0 Å². The highest BCUT2D eigenvalue weighted by Crippen LogP contribution is 2.25. The van der Waals surface area contributed by atoms with Gasteiger partial charge in [-0.3, -0.25) is 19.7 Å². The van der Waals surface area contributed by atoms with Gasteiger partial charge in [0, 0.05) is 30.0 Å². The molecular weight excluding hydrogens is 288 g/mol. The van der Waals surface area contributed by atoms with Crippen LogP contribution in [0.4, 0.5) is 5.69 Å². The minimum atomic E-state index is -1.43. The Morgan fingerprint density at radius 3 is 2.65 bits per heavy atom. The molecule has 0 radical (unpaired) electrons.